The summed E-state index contributed by atoms with van der Waals surface area (Å²) in [6.07, 6.45) is 0. The van der Waals surface area contributed by atoms with Crippen molar-refractivity contribution < 1.29 is 0 Å². The van der Waals surface area contributed by atoms with Crippen molar-refractivity contribution in [1.29, 1.82) is 0 Å². The summed E-state index contributed by atoms with van der Waals surface area (Å²) in [4.78, 5) is 12.9. The number of aromatic amines is 1. The van der Waals surface area contributed by atoms with Crippen molar-refractivity contribution in [3.63, 3.8) is 0 Å². The number of pyridine rings is 1. The van der Waals surface area contributed by atoms with E-state index in [0.29, 0.717) is 5.02 Å². The maximum atomic E-state index is 6.24. The number of nitrogens with one attached hydrogen (secondary N) is 1. The molecule has 0 aliphatic carbocycles. The topological polar surface area (TPSA) is 41.6 Å². The van der Waals surface area contributed by atoms with Crippen molar-refractivity contribution in [2.24, 2.45) is 0 Å². The largest absolute Gasteiger partial charge is 0.337 e. The van der Waals surface area contributed by atoms with E-state index in [1.54, 1.807) is 0 Å². The molecule has 124 valence electrons. The zero-order valence-corrected chi connectivity index (χ0v) is 14.5. The van der Waals surface area contributed by atoms with Gasteiger partial charge in [-0.05, 0) is 47.5 Å². The highest BCUT2D eigenvalue weighted by molar-refractivity contribution is 6.31. The van der Waals surface area contributed by atoms with Crippen LogP contribution in [0.15, 0.2) is 78.9 Å². The SMILES string of the molecule is Clc1ccc2nc(-c3nc4ccccc4[nH]3)cc(-c3ccccc3)c2c1. The molecule has 0 radical (unpaired) electrons. The highest BCUT2D eigenvalue weighted by Crippen LogP contribution is 2.33. The minimum absolute atomic E-state index is 0.702. The lowest BCUT2D eigenvalue weighted by molar-refractivity contribution is 1.27. The number of fused-ring (bicyclic) bond motifs is 2. The minimum Gasteiger partial charge on any atom is -0.337 e. The minimum atomic E-state index is 0.702. The average Bonchev–Trinajstić information content (AvgIpc) is 3.12. The first kappa shape index (κ1) is 15.1. The van der Waals surface area contributed by atoms with Crippen molar-refractivity contribution in [3.05, 3.63) is 83.9 Å². The molecule has 1 N–H and O–H groups in total. The van der Waals surface area contributed by atoms with Crippen LogP contribution in [0.5, 0.6) is 0 Å². The number of halogens is 1. The van der Waals surface area contributed by atoms with E-state index < -0.39 is 0 Å². The number of nitrogens with zero attached hydrogens (tertiary/aromatic N) is 2. The first-order valence-electron chi connectivity index (χ1n) is 8.39. The Bertz CT molecular complexity index is 1210. The van der Waals surface area contributed by atoms with E-state index in [1.807, 2.05) is 60.7 Å². The van der Waals surface area contributed by atoms with Crippen LogP contribution in [0.2, 0.25) is 5.02 Å². The molecule has 5 rings (SSSR count). The molecule has 4 heteroatoms. The Labute approximate surface area is 155 Å². The van der Waals surface area contributed by atoms with Crippen LogP contribution in [-0.2, 0) is 0 Å². The lowest BCUT2D eigenvalue weighted by Gasteiger charge is -2.09. The van der Waals surface area contributed by atoms with E-state index in [1.165, 1.54) is 0 Å². The molecule has 0 saturated heterocycles. The van der Waals surface area contributed by atoms with E-state index in [-0.39, 0.29) is 0 Å². The lowest BCUT2D eigenvalue weighted by atomic mass is 10.00. The van der Waals surface area contributed by atoms with Crippen LogP contribution in [0.25, 0.3) is 44.6 Å². The quantitative estimate of drug-likeness (QED) is 0.415. The molecule has 0 aliphatic heterocycles. The molecule has 0 unspecified atom stereocenters. The standard InChI is InChI=1S/C22H14ClN3/c23-15-10-11-18-17(12-15)16(14-6-2-1-3-7-14)13-21(24-18)22-25-19-8-4-5-9-20(19)26-22/h1-13H,(H,25,26). The second-order valence-electron chi connectivity index (χ2n) is 6.19. The molecule has 5 aromatic rings. The van der Waals surface area contributed by atoms with Crippen LogP contribution in [-0.4, -0.2) is 15.0 Å². The molecule has 26 heavy (non-hydrogen) atoms. The summed E-state index contributed by atoms with van der Waals surface area (Å²) < 4.78 is 0. The fraction of sp³-hybridized carbons (Fsp3) is 0. The maximum Gasteiger partial charge on any atom is 0.157 e. The molecule has 0 saturated carbocycles. The summed E-state index contributed by atoms with van der Waals surface area (Å²) in [5.74, 6) is 0.764. The number of para-hydroxylation sites is 2. The molecule has 2 heterocycles. The Morgan fingerprint density at radius 2 is 1.54 bits per heavy atom. The Morgan fingerprint density at radius 3 is 2.38 bits per heavy atom. The Kier molecular flexibility index (Phi) is 3.47. The van der Waals surface area contributed by atoms with Crippen molar-refractivity contribution in [3.8, 4) is 22.6 Å². The van der Waals surface area contributed by atoms with Crippen LogP contribution >= 0.6 is 11.6 Å². The van der Waals surface area contributed by atoms with Crippen LogP contribution in [0.3, 0.4) is 0 Å². The van der Waals surface area contributed by atoms with E-state index in [4.69, 9.17) is 21.6 Å². The summed E-state index contributed by atoms with van der Waals surface area (Å²) >= 11 is 6.24. The van der Waals surface area contributed by atoms with Gasteiger partial charge >= 0.3 is 0 Å². The van der Waals surface area contributed by atoms with Crippen LogP contribution in [0.1, 0.15) is 0 Å². The summed E-state index contributed by atoms with van der Waals surface area (Å²) in [6, 6.07) is 26.1. The van der Waals surface area contributed by atoms with Crippen LogP contribution in [0, 0.1) is 0 Å². The van der Waals surface area contributed by atoms with E-state index in [9.17, 15) is 0 Å². The first-order valence-corrected chi connectivity index (χ1v) is 8.76. The summed E-state index contributed by atoms with van der Waals surface area (Å²) in [5, 5.41) is 1.73. The number of hydrogen-bond acceptors (Lipinski definition) is 2. The smallest absolute Gasteiger partial charge is 0.157 e. The Balaban J connectivity index is 1.80. The van der Waals surface area contributed by atoms with E-state index in [2.05, 4.69) is 23.2 Å². The summed E-state index contributed by atoms with van der Waals surface area (Å²) in [6.45, 7) is 0. The molecular weight excluding hydrogens is 342 g/mol. The molecule has 0 bridgehead atoms. The summed E-state index contributed by atoms with van der Waals surface area (Å²) in [7, 11) is 0. The van der Waals surface area contributed by atoms with Gasteiger partial charge in [0.1, 0.15) is 5.69 Å². The number of rotatable bonds is 2. The third-order valence-corrected chi connectivity index (χ3v) is 4.72. The summed E-state index contributed by atoms with van der Waals surface area (Å²) in [5.41, 5.74) is 5.86. The fourth-order valence-electron chi connectivity index (χ4n) is 3.25. The Morgan fingerprint density at radius 1 is 0.731 bits per heavy atom. The molecule has 0 spiro atoms. The molecular formula is C22H14ClN3. The van der Waals surface area contributed by atoms with Crippen molar-refractivity contribution >= 4 is 33.5 Å². The maximum absolute atomic E-state index is 6.24. The Hall–Kier alpha value is -3.17. The number of hydrogen-bond donors (Lipinski definition) is 1. The zero-order chi connectivity index (χ0) is 17.5. The highest BCUT2D eigenvalue weighted by Gasteiger charge is 2.12. The van der Waals surface area contributed by atoms with Gasteiger partial charge in [-0.1, -0.05) is 54.1 Å². The second kappa shape index (κ2) is 5.97. The number of imidazole rings is 1. The van der Waals surface area contributed by atoms with Crippen molar-refractivity contribution in [1.82, 2.24) is 15.0 Å². The van der Waals surface area contributed by atoms with Gasteiger partial charge in [-0.3, -0.25) is 0 Å². The molecule has 3 nitrogen and oxygen atoms in total. The molecule has 2 aromatic heterocycles. The van der Waals surface area contributed by atoms with Crippen molar-refractivity contribution in [2.75, 3.05) is 0 Å². The van der Waals surface area contributed by atoms with Gasteiger partial charge in [0.2, 0.25) is 0 Å². The fourth-order valence-corrected chi connectivity index (χ4v) is 3.42. The lowest BCUT2D eigenvalue weighted by Crippen LogP contribution is -1.91. The van der Waals surface area contributed by atoms with Gasteiger partial charge in [0.15, 0.2) is 5.82 Å². The molecule has 0 aliphatic rings. The monoisotopic (exact) mass is 355 g/mol. The first-order chi connectivity index (χ1) is 12.8. The molecule has 0 atom stereocenters. The van der Waals surface area contributed by atoms with E-state index >= 15 is 0 Å². The van der Waals surface area contributed by atoms with Gasteiger partial charge in [0, 0.05) is 10.4 Å². The third-order valence-electron chi connectivity index (χ3n) is 4.49. The zero-order valence-electron chi connectivity index (χ0n) is 13.8. The van der Waals surface area contributed by atoms with Gasteiger partial charge in [0.25, 0.3) is 0 Å². The second-order valence-corrected chi connectivity index (χ2v) is 6.62. The predicted molar refractivity (Wildman–Crippen MR) is 107 cm³/mol. The van der Waals surface area contributed by atoms with Gasteiger partial charge < -0.3 is 4.98 Å². The normalized spacial score (nSPS) is 11.3. The average molecular weight is 356 g/mol. The molecule has 0 fully saturated rings. The predicted octanol–water partition coefficient (Wildman–Crippen LogP) is 6.10. The third kappa shape index (κ3) is 2.54. The van der Waals surface area contributed by atoms with E-state index in [0.717, 1.165) is 44.6 Å². The van der Waals surface area contributed by atoms with Gasteiger partial charge in [-0.25, -0.2) is 9.97 Å². The highest BCUT2D eigenvalue weighted by atomic mass is 35.5. The number of aromatic nitrogens is 3. The van der Waals surface area contributed by atoms with Gasteiger partial charge in [0.05, 0.1) is 16.6 Å². The molecule has 3 aromatic carbocycles. The van der Waals surface area contributed by atoms with Gasteiger partial charge in [-0.15, -0.1) is 0 Å². The molecule has 0 amide bonds. The van der Waals surface area contributed by atoms with Crippen molar-refractivity contribution in [2.45, 2.75) is 0 Å². The number of H-pyrrole nitrogens is 1. The van der Waals surface area contributed by atoms with Gasteiger partial charge in [-0.2, -0.15) is 0 Å². The van der Waals surface area contributed by atoms with Crippen LogP contribution < -0.4 is 0 Å². The van der Waals surface area contributed by atoms with Crippen LogP contribution in [0.4, 0.5) is 0 Å². The number of benzene rings is 3.